The van der Waals surface area contributed by atoms with Crippen molar-refractivity contribution in [1.29, 1.82) is 0 Å². The quantitative estimate of drug-likeness (QED) is 0.371. The van der Waals surface area contributed by atoms with Gasteiger partial charge in [0.05, 0.1) is 20.3 Å². The summed E-state index contributed by atoms with van der Waals surface area (Å²) in [4.78, 5) is 12.8. The predicted molar refractivity (Wildman–Crippen MR) is 67.0 cm³/mol. The Bertz CT molecular complexity index is 191. The van der Waals surface area contributed by atoms with Gasteiger partial charge in [-0.15, -0.1) is 0 Å². The molecule has 0 saturated heterocycles. The van der Waals surface area contributed by atoms with Gasteiger partial charge in [-0.1, -0.05) is 15.9 Å². The van der Waals surface area contributed by atoms with Gasteiger partial charge in [-0.2, -0.15) is 0 Å². The summed E-state index contributed by atoms with van der Waals surface area (Å²) in [7, 11) is 5.39. The van der Waals surface area contributed by atoms with Gasteiger partial charge in [0.25, 0.3) is 0 Å². The fourth-order valence-corrected chi connectivity index (χ4v) is 1.35. The van der Waals surface area contributed by atoms with E-state index in [1.54, 1.807) is 0 Å². The molecule has 0 aliphatic heterocycles. The monoisotopic (exact) mass is 296 g/mol. The molecule has 6 heteroatoms. The molecule has 96 valence electrons. The van der Waals surface area contributed by atoms with E-state index in [0.717, 1.165) is 19.7 Å². The van der Waals surface area contributed by atoms with Gasteiger partial charge in [0.2, 0.25) is 0 Å². The molecule has 1 N–H and O–H groups in total. The molecule has 0 aromatic rings. The van der Waals surface area contributed by atoms with Crippen LogP contribution >= 0.6 is 15.9 Å². The molecule has 0 saturated carbocycles. The number of methoxy groups -OCH3 is 1. The smallest absolute Gasteiger partial charge is 0.320 e. The molecule has 0 bridgehead atoms. The van der Waals surface area contributed by atoms with Crippen LogP contribution in [0.15, 0.2) is 0 Å². The molecule has 0 aromatic heterocycles. The van der Waals surface area contributed by atoms with E-state index >= 15 is 0 Å². The van der Waals surface area contributed by atoms with Crippen LogP contribution in [-0.2, 0) is 14.3 Å². The van der Waals surface area contributed by atoms with Gasteiger partial charge in [0, 0.05) is 19.6 Å². The van der Waals surface area contributed by atoms with Crippen LogP contribution in [-0.4, -0.2) is 69.7 Å². The molecule has 1 unspecified atom stereocenters. The molecule has 0 heterocycles. The maximum Gasteiger partial charge on any atom is 0.320 e. The van der Waals surface area contributed by atoms with E-state index in [2.05, 4.69) is 30.9 Å². The van der Waals surface area contributed by atoms with Gasteiger partial charge in [0.15, 0.2) is 0 Å². The third-order valence-corrected chi connectivity index (χ3v) is 2.58. The summed E-state index contributed by atoms with van der Waals surface area (Å²) in [6.07, 6.45) is 0. The van der Waals surface area contributed by atoms with E-state index in [0.29, 0.717) is 13.2 Å². The minimum absolute atomic E-state index is 0.263. The second-order valence-electron chi connectivity index (χ2n) is 3.61. The average Bonchev–Trinajstić information content (AvgIpc) is 2.25. The van der Waals surface area contributed by atoms with E-state index < -0.39 is 0 Å². The first-order valence-electron chi connectivity index (χ1n) is 5.23. The zero-order valence-corrected chi connectivity index (χ0v) is 11.7. The van der Waals surface area contributed by atoms with Gasteiger partial charge in [-0.3, -0.25) is 4.79 Å². The molecule has 0 fully saturated rings. The molecule has 0 aromatic carbocycles. The summed E-state index contributed by atoms with van der Waals surface area (Å²) in [5.41, 5.74) is 0. The number of carbonyl (C=O) groups is 1. The Balaban J connectivity index is 3.24. The lowest BCUT2D eigenvalue weighted by Gasteiger charge is -2.11. The van der Waals surface area contributed by atoms with Crippen LogP contribution in [0.3, 0.4) is 0 Å². The highest BCUT2D eigenvalue weighted by molar-refractivity contribution is 9.10. The Kier molecular flexibility index (Phi) is 9.91. The van der Waals surface area contributed by atoms with Crippen LogP contribution in [0, 0.1) is 0 Å². The van der Waals surface area contributed by atoms with Crippen molar-refractivity contribution in [3.05, 3.63) is 0 Å². The van der Waals surface area contributed by atoms with Crippen molar-refractivity contribution in [2.75, 3.05) is 54.1 Å². The first kappa shape index (κ1) is 15.8. The van der Waals surface area contributed by atoms with E-state index in [-0.39, 0.29) is 10.8 Å². The Morgan fingerprint density at radius 1 is 1.44 bits per heavy atom. The third-order valence-electron chi connectivity index (χ3n) is 1.89. The number of likely N-dealkylation sites (N-methyl/N-ethyl adjacent to an activating group) is 1. The summed E-state index contributed by atoms with van der Waals surface area (Å²) in [6.45, 7) is 3.57. The first-order chi connectivity index (χ1) is 7.57. The molecule has 0 aliphatic carbocycles. The first-order valence-corrected chi connectivity index (χ1v) is 6.14. The number of ether oxygens (including phenoxy) is 2. The lowest BCUT2D eigenvalue weighted by Crippen LogP contribution is -2.32. The number of hydrogen-bond donors (Lipinski definition) is 1. The fourth-order valence-electron chi connectivity index (χ4n) is 0.934. The van der Waals surface area contributed by atoms with Crippen molar-refractivity contribution < 1.29 is 14.3 Å². The SMILES string of the molecule is COC(=O)C(Br)CNCCOCCN(C)C. The minimum atomic E-state index is -0.292. The van der Waals surface area contributed by atoms with Crippen molar-refractivity contribution >= 4 is 21.9 Å². The third kappa shape index (κ3) is 9.08. The van der Waals surface area contributed by atoms with Gasteiger partial charge in [-0.25, -0.2) is 0 Å². The Labute approximate surface area is 106 Å². The summed E-state index contributed by atoms with van der Waals surface area (Å²) in [5, 5.41) is 3.10. The molecule has 5 nitrogen and oxygen atoms in total. The maximum atomic E-state index is 11.0. The van der Waals surface area contributed by atoms with Crippen LogP contribution in [0.25, 0.3) is 0 Å². The van der Waals surface area contributed by atoms with Gasteiger partial charge >= 0.3 is 5.97 Å². The average molecular weight is 297 g/mol. The molecule has 0 spiro atoms. The summed E-state index contributed by atoms with van der Waals surface area (Å²) in [6, 6.07) is 0. The molecular weight excluding hydrogens is 276 g/mol. The zero-order chi connectivity index (χ0) is 12.4. The second kappa shape index (κ2) is 10.0. The highest BCUT2D eigenvalue weighted by Crippen LogP contribution is 1.99. The molecule has 1 atom stereocenters. The fraction of sp³-hybridized carbons (Fsp3) is 0.900. The molecule has 0 radical (unpaired) electrons. The van der Waals surface area contributed by atoms with Crippen molar-refractivity contribution in [3.63, 3.8) is 0 Å². The standard InChI is InChI=1S/C10H21BrN2O3/c1-13(2)5-7-16-6-4-12-8-9(11)10(14)15-3/h9,12H,4-8H2,1-3H3. The zero-order valence-electron chi connectivity index (χ0n) is 10.2. The minimum Gasteiger partial charge on any atom is -0.468 e. The van der Waals surface area contributed by atoms with Gasteiger partial charge in [-0.05, 0) is 14.1 Å². The summed E-state index contributed by atoms with van der Waals surface area (Å²) < 4.78 is 9.95. The summed E-state index contributed by atoms with van der Waals surface area (Å²) in [5.74, 6) is -0.263. The predicted octanol–water partition coefficient (Wildman–Crippen LogP) is 0.0907. The van der Waals surface area contributed by atoms with E-state index in [4.69, 9.17) is 4.74 Å². The highest BCUT2D eigenvalue weighted by atomic mass is 79.9. The van der Waals surface area contributed by atoms with Crippen molar-refractivity contribution in [2.24, 2.45) is 0 Å². The topological polar surface area (TPSA) is 50.8 Å². The van der Waals surface area contributed by atoms with Crippen molar-refractivity contribution in [1.82, 2.24) is 10.2 Å². The Morgan fingerprint density at radius 2 is 2.12 bits per heavy atom. The van der Waals surface area contributed by atoms with Crippen molar-refractivity contribution in [3.8, 4) is 0 Å². The largest absolute Gasteiger partial charge is 0.468 e. The molecular formula is C10H21BrN2O3. The lowest BCUT2D eigenvalue weighted by atomic mass is 10.4. The second-order valence-corrected chi connectivity index (χ2v) is 4.72. The van der Waals surface area contributed by atoms with Crippen LogP contribution in [0.4, 0.5) is 0 Å². The number of alkyl halides is 1. The summed E-state index contributed by atoms with van der Waals surface area (Å²) >= 11 is 3.22. The van der Waals surface area contributed by atoms with Gasteiger partial charge in [0.1, 0.15) is 4.83 Å². The number of hydrogen-bond acceptors (Lipinski definition) is 5. The lowest BCUT2D eigenvalue weighted by molar-refractivity contribution is -0.139. The number of nitrogens with one attached hydrogen (secondary N) is 1. The number of halogens is 1. The Morgan fingerprint density at radius 3 is 2.69 bits per heavy atom. The van der Waals surface area contributed by atoms with Crippen LogP contribution in [0.5, 0.6) is 0 Å². The number of nitrogens with zero attached hydrogens (tertiary/aromatic N) is 1. The highest BCUT2D eigenvalue weighted by Gasteiger charge is 2.13. The normalized spacial score (nSPS) is 12.8. The number of esters is 1. The molecule has 16 heavy (non-hydrogen) atoms. The maximum absolute atomic E-state index is 11.0. The number of carbonyl (C=O) groups excluding carboxylic acids is 1. The van der Waals surface area contributed by atoms with Gasteiger partial charge < -0.3 is 19.7 Å². The molecule has 0 rings (SSSR count). The van der Waals surface area contributed by atoms with E-state index in [1.807, 2.05) is 14.1 Å². The molecule has 0 amide bonds. The van der Waals surface area contributed by atoms with Crippen LogP contribution in [0.1, 0.15) is 0 Å². The molecule has 0 aliphatic rings. The van der Waals surface area contributed by atoms with E-state index in [9.17, 15) is 4.79 Å². The van der Waals surface area contributed by atoms with Crippen molar-refractivity contribution in [2.45, 2.75) is 4.83 Å². The number of rotatable bonds is 9. The van der Waals surface area contributed by atoms with E-state index in [1.165, 1.54) is 7.11 Å². The van der Waals surface area contributed by atoms with Crippen LogP contribution in [0.2, 0.25) is 0 Å². The van der Waals surface area contributed by atoms with Crippen LogP contribution < -0.4 is 5.32 Å². The Hall–Kier alpha value is -0.170.